The number of fused-ring (bicyclic) bond motifs is 2. The van der Waals surface area contributed by atoms with Gasteiger partial charge in [-0.1, -0.05) is 49.4 Å². The van der Waals surface area contributed by atoms with Crippen LogP contribution in [0.3, 0.4) is 0 Å². The fourth-order valence-electron chi connectivity index (χ4n) is 5.76. The molecule has 1 aliphatic carbocycles. The number of hydrogen-bond donors (Lipinski definition) is 2. The molecule has 4 atom stereocenters. The second kappa shape index (κ2) is 8.26. The first kappa shape index (κ1) is 19.5. The highest BCUT2D eigenvalue weighted by Gasteiger charge is 2.50. The van der Waals surface area contributed by atoms with Crippen LogP contribution in [-0.2, 0) is 11.8 Å². The normalized spacial score (nSPS) is 30.3. The van der Waals surface area contributed by atoms with Crippen molar-refractivity contribution in [3.8, 4) is 5.75 Å². The van der Waals surface area contributed by atoms with Crippen LogP contribution in [0.15, 0.2) is 54.6 Å². The van der Waals surface area contributed by atoms with Crippen LogP contribution in [0.5, 0.6) is 5.75 Å². The van der Waals surface area contributed by atoms with E-state index in [0.29, 0.717) is 23.8 Å². The van der Waals surface area contributed by atoms with Crippen LogP contribution in [0.4, 0.5) is 0 Å². The fourth-order valence-corrected chi connectivity index (χ4v) is 5.76. The van der Waals surface area contributed by atoms with Gasteiger partial charge >= 0.3 is 0 Å². The lowest BCUT2D eigenvalue weighted by Gasteiger charge is -2.56. The van der Waals surface area contributed by atoms with E-state index in [0.717, 1.165) is 13.0 Å². The summed E-state index contributed by atoms with van der Waals surface area (Å²) in [5.74, 6) is 0.978. The lowest BCUT2D eigenvalue weighted by atomic mass is 9.57. The van der Waals surface area contributed by atoms with Crippen LogP contribution in [-0.4, -0.2) is 42.2 Å². The first-order valence-corrected chi connectivity index (χ1v) is 10.9. The van der Waals surface area contributed by atoms with E-state index in [1.807, 2.05) is 12.1 Å². The number of piperidine rings is 1. The lowest BCUT2D eigenvalue weighted by Crippen LogP contribution is -2.60. The van der Waals surface area contributed by atoms with E-state index in [1.54, 1.807) is 6.07 Å². The minimum Gasteiger partial charge on any atom is -0.508 e. The number of nitrogens with zero attached hydrogens (tertiary/aromatic N) is 1. The highest BCUT2D eigenvalue weighted by molar-refractivity contribution is 5.36. The van der Waals surface area contributed by atoms with Crippen LogP contribution in [0.1, 0.15) is 43.7 Å². The van der Waals surface area contributed by atoms with Crippen molar-refractivity contribution in [3.05, 3.63) is 65.7 Å². The van der Waals surface area contributed by atoms with E-state index in [-0.39, 0.29) is 5.41 Å². The average Bonchev–Trinajstić information content (AvgIpc) is 2.72. The van der Waals surface area contributed by atoms with Crippen LogP contribution in [0.2, 0.25) is 0 Å². The number of likely N-dealkylation sites (tertiary alicyclic amines) is 1. The topological polar surface area (TPSA) is 35.5 Å². The lowest BCUT2D eigenvalue weighted by molar-refractivity contribution is -0.00269. The van der Waals surface area contributed by atoms with Crippen molar-refractivity contribution in [2.24, 2.45) is 5.92 Å². The summed E-state index contributed by atoms with van der Waals surface area (Å²) in [5.41, 5.74) is 2.94. The zero-order chi connectivity index (χ0) is 19.6. The molecule has 3 nitrogen and oxygen atoms in total. The van der Waals surface area contributed by atoms with Gasteiger partial charge in [0, 0.05) is 24.0 Å². The molecule has 2 bridgehead atoms. The van der Waals surface area contributed by atoms with E-state index in [9.17, 15) is 5.11 Å². The van der Waals surface area contributed by atoms with Gasteiger partial charge in [-0.15, -0.1) is 0 Å². The summed E-state index contributed by atoms with van der Waals surface area (Å²) in [6, 6.07) is 20.1. The second-order valence-corrected chi connectivity index (χ2v) is 8.97. The Balaban J connectivity index is 1.50. The molecular formula is C25H34N2O. The molecule has 2 aromatic rings. The molecule has 1 saturated carbocycles. The predicted molar refractivity (Wildman–Crippen MR) is 116 cm³/mol. The van der Waals surface area contributed by atoms with Crippen molar-refractivity contribution >= 4 is 0 Å². The van der Waals surface area contributed by atoms with Crippen LogP contribution in [0, 0.1) is 5.92 Å². The summed E-state index contributed by atoms with van der Waals surface area (Å²) in [6.45, 7) is 4.75. The van der Waals surface area contributed by atoms with Crippen molar-refractivity contribution in [2.75, 3.05) is 20.1 Å². The quantitative estimate of drug-likeness (QED) is 0.784. The van der Waals surface area contributed by atoms with Crippen molar-refractivity contribution in [3.63, 3.8) is 0 Å². The summed E-state index contributed by atoms with van der Waals surface area (Å²) in [4.78, 5) is 2.75. The summed E-state index contributed by atoms with van der Waals surface area (Å²) < 4.78 is 0. The second-order valence-electron chi connectivity index (χ2n) is 8.97. The molecule has 2 aromatic carbocycles. The molecule has 0 amide bonds. The Bertz CT molecular complexity index is 777. The minimum atomic E-state index is 0.172. The number of aromatic hydroxyl groups is 1. The number of phenolic OH excluding ortho intramolecular Hbond substituents is 1. The molecule has 2 aliphatic rings. The molecule has 2 N–H and O–H groups in total. The highest BCUT2D eigenvalue weighted by atomic mass is 16.3. The number of hydrogen-bond acceptors (Lipinski definition) is 3. The third kappa shape index (κ3) is 3.83. The molecule has 150 valence electrons. The molecule has 1 heterocycles. The van der Waals surface area contributed by atoms with Gasteiger partial charge in [0.05, 0.1) is 0 Å². The molecule has 3 heteroatoms. The molecule has 28 heavy (non-hydrogen) atoms. The molecule has 0 spiro atoms. The van der Waals surface area contributed by atoms with E-state index >= 15 is 0 Å². The molecule has 0 aromatic heterocycles. The van der Waals surface area contributed by atoms with Gasteiger partial charge in [-0.05, 0) is 74.9 Å². The van der Waals surface area contributed by atoms with Crippen LogP contribution in [0.25, 0.3) is 0 Å². The Hall–Kier alpha value is -1.84. The van der Waals surface area contributed by atoms with E-state index < -0.39 is 0 Å². The Morgan fingerprint density at radius 2 is 1.93 bits per heavy atom. The Morgan fingerprint density at radius 1 is 1.11 bits per heavy atom. The maximum atomic E-state index is 10.1. The third-order valence-electron chi connectivity index (χ3n) is 7.32. The molecular weight excluding hydrogens is 344 g/mol. The maximum Gasteiger partial charge on any atom is 0.115 e. The Kier molecular flexibility index (Phi) is 5.75. The van der Waals surface area contributed by atoms with Crippen molar-refractivity contribution in [1.29, 1.82) is 0 Å². The fraction of sp³-hybridized carbons (Fsp3) is 0.520. The number of phenols is 1. The number of nitrogens with one attached hydrogen (secondary N) is 1. The zero-order valence-corrected chi connectivity index (χ0v) is 17.3. The summed E-state index contributed by atoms with van der Waals surface area (Å²) >= 11 is 0. The first-order chi connectivity index (χ1) is 13.6. The van der Waals surface area contributed by atoms with Gasteiger partial charge in [0.2, 0.25) is 0 Å². The van der Waals surface area contributed by atoms with Gasteiger partial charge in [0.25, 0.3) is 0 Å². The SMILES string of the molecule is CN[C@H]1C[C@@H]2C[C@](c3cccc(O)c3)(C1)C(C)CN2CCCc1ccccc1. The van der Waals surface area contributed by atoms with Crippen LogP contribution < -0.4 is 5.32 Å². The molecule has 1 unspecified atom stereocenters. The van der Waals surface area contributed by atoms with E-state index in [4.69, 9.17) is 0 Å². The van der Waals surface area contributed by atoms with Crippen molar-refractivity contribution in [2.45, 2.75) is 56.5 Å². The average molecular weight is 379 g/mol. The summed E-state index contributed by atoms with van der Waals surface area (Å²) in [6.07, 6.45) is 5.99. The predicted octanol–water partition coefficient (Wildman–Crippen LogP) is 4.36. The number of aryl methyl sites for hydroxylation is 1. The zero-order valence-electron chi connectivity index (χ0n) is 17.3. The summed E-state index contributed by atoms with van der Waals surface area (Å²) in [5, 5.41) is 13.7. The van der Waals surface area contributed by atoms with Gasteiger partial charge in [-0.25, -0.2) is 0 Å². The molecule has 0 radical (unpaired) electrons. The third-order valence-corrected chi connectivity index (χ3v) is 7.32. The van der Waals surface area contributed by atoms with E-state index in [2.05, 4.69) is 60.6 Å². The van der Waals surface area contributed by atoms with Crippen molar-refractivity contribution < 1.29 is 5.11 Å². The number of benzene rings is 2. The van der Waals surface area contributed by atoms with Gasteiger partial charge in [0.1, 0.15) is 5.75 Å². The van der Waals surface area contributed by atoms with Gasteiger partial charge in [-0.3, -0.25) is 4.90 Å². The maximum absolute atomic E-state index is 10.1. The molecule has 1 saturated heterocycles. The Morgan fingerprint density at radius 3 is 2.68 bits per heavy atom. The molecule has 1 aliphatic heterocycles. The summed E-state index contributed by atoms with van der Waals surface area (Å²) in [7, 11) is 2.10. The van der Waals surface area contributed by atoms with Gasteiger partial charge in [0.15, 0.2) is 0 Å². The number of rotatable bonds is 6. The standard InChI is InChI=1S/C25H34N2O/c1-19-18-27(13-7-10-20-8-4-3-5-9-20)23-15-22(26-2)16-25(19,17-23)21-11-6-12-24(28)14-21/h3-6,8-9,11-12,14,19,22-23,26,28H,7,10,13,15-18H2,1-2H3/t19?,22-,23+,25+/m0/s1. The van der Waals surface area contributed by atoms with Crippen molar-refractivity contribution in [1.82, 2.24) is 10.2 Å². The largest absolute Gasteiger partial charge is 0.508 e. The highest BCUT2D eigenvalue weighted by Crippen LogP contribution is 2.50. The minimum absolute atomic E-state index is 0.172. The van der Waals surface area contributed by atoms with Gasteiger partial charge < -0.3 is 10.4 Å². The smallest absolute Gasteiger partial charge is 0.115 e. The molecule has 4 rings (SSSR count). The Labute approximate surface area is 169 Å². The van der Waals surface area contributed by atoms with Crippen LogP contribution >= 0.6 is 0 Å². The monoisotopic (exact) mass is 378 g/mol. The molecule has 2 fully saturated rings. The van der Waals surface area contributed by atoms with Gasteiger partial charge in [-0.2, -0.15) is 0 Å². The first-order valence-electron chi connectivity index (χ1n) is 10.9. The van der Waals surface area contributed by atoms with E-state index in [1.165, 1.54) is 43.4 Å².